The predicted octanol–water partition coefficient (Wildman–Crippen LogP) is 3.35. The third-order valence-electron chi connectivity index (χ3n) is 3.80. The van der Waals surface area contributed by atoms with E-state index in [1.807, 2.05) is 18.2 Å². The standard InChI is InChI=1S/C15H23NO/c17-15(12-14-8-4-5-11-16-14)10-9-13-6-2-1-3-7-13/h4-5,8,11,13,15,17H,1-3,6-7,9-10,12H2. The highest BCUT2D eigenvalue weighted by molar-refractivity contribution is 5.04. The van der Waals surface area contributed by atoms with Crippen LogP contribution in [0.15, 0.2) is 24.4 Å². The van der Waals surface area contributed by atoms with Gasteiger partial charge in [-0.2, -0.15) is 0 Å². The summed E-state index contributed by atoms with van der Waals surface area (Å²) in [6.07, 6.45) is 11.3. The van der Waals surface area contributed by atoms with Crippen LogP contribution in [-0.2, 0) is 6.42 Å². The maximum atomic E-state index is 9.99. The maximum absolute atomic E-state index is 9.99. The van der Waals surface area contributed by atoms with Gasteiger partial charge in [0, 0.05) is 18.3 Å². The second-order valence-corrected chi connectivity index (χ2v) is 5.26. The molecule has 1 aliphatic carbocycles. The lowest BCUT2D eigenvalue weighted by molar-refractivity contribution is 0.148. The van der Waals surface area contributed by atoms with E-state index in [9.17, 15) is 5.11 Å². The van der Waals surface area contributed by atoms with Gasteiger partial charge >= 0.3 is 0 Å². The first-order valence-corrected chi connectivity index (χ1v) is 6.92. The van der Waals surface area contributed by atoms with Gasteiger partial charge in [-0.05, 0) is 30.9 Å². The van der Waals surface area contributed by atoms with Crippen molar-refractivity contribution < 1.29 is 5.11 Å². The highest BCUT2D eigenvalue weighted by Gasteiger charge is 2.15. The molecule has 0 bridgehead atoms. The Bertz CT molecular complexity index is 306. The Hall–Kier alpha value is -0.890. The van der Waals surface area contributed by atoms with Crippen molar-refractivity contribution in [1.82, 2.24) is 4.98 Å². The van der Waals surface area contributed by atoms with Gasteiger partial charge in [0.05, 0.1) is 6.10 Å². The van der Waals surface area contributed by atoms with Crippen LogP contribution >= 0.6 is 0 Å². The smallest absolute Gasteiger partial charge is 0.0595 e. The molecule has 1 atom stereocenters. The minimum atomic E-state index is -0.216. The van der Waals surface area contributed by atoms with Crippen molar-refractivity contribution in [2.75, 3.05) is 0 Å². The SMILES string of the molecule is OC(CCC1CCCCC1)Cc1ccccn1. The molecule has 1 aromatic rings. The molecule has 1 unspecified atom stereocenters. The summed E-state index contributed by atoms with van der Waals surface area (Å²) in [4.78, 5) is 4.25. The summed E-state index contributed by atoms with van der Waals surface area (Å²) < 4.78 is 0. The van der Waals surface area contributed by atoms with Gasteiger partial charge in [0.1, 0.15) is 0 Å². The number of pyridine rings is 1. The van der Waals surface area contributed by atoms with Crippen molar-refractivity contribution in [1.29, 1.82) is 0 Å². The van der Waals surface area contributed by atoms with Crippen LogP contribution in [0.1, 0.15) is 50.6 Å². The highest BCUT2D eigenvalue weighted by atomic mass is 16.3. The molecule has 2 heteroatoms. The summed E-state index contributed by atoms with van der Waals surface area (Å²) in [5.74, 6) is 0.863. The van der Waals surface area contributed by atoms with Gasteiger partial charge in [0.15, 0.2) is 0 Å². The van der Waals surface area contributed by atoms with Gasteiger partial charge < -0.3 is 5.11 Å². The minimum absolute atomic E-state index is 0.216. The quantitative estimate of drug-likeness (QED) is 0.846. The third kappa shape index (κ3) is 4.47. The van der Waals surface area contributed by atoms with Crippen molar-refractivity contribution in [3.63, 3.8) is 0 Å². The Morgan fingerprint density at radius 3 is 2.76 bits per heavy atom. The topological polar surface area (TPSA) is 33.1 Å². The summed E-state index contributed by atoms with van der Waals surface area (Å²) in [5.41, 5.74) is 1.00. The molecule has 0 aromatic carbocycles. The van der Waals surface area contributed by atoms with E-state index < -0.39 is 0 Å². The molecule has 2 nitrogen and oxygen atoms in total. The van der Waals surface area contributed by atoms with Crippen LogP contribution in [0, 0.1) is 5.92 Å². The summed E-state index contributed by atoms with van der Waals surface area (Å²) in [7, 11) is 0. The molecule has 0 amide bonds. The Morgan fingerprint density at radius 2 is 2.06 bits per heavy atom. The van der Waals surface area contributed by atoms with E-state index in [1.165, 1.54) is 38.5 Å². The molecule has 1 aromatic heterocycles. The Balaban J connectivity index is 1.68. The molecule has 2 rings (SSSR count). The minimum Gasteiger partial charge on any atom is -0.393 e. The van der Waals surface area contributed by atoms with Gasteiger partial charge in [-0.3, -0.25) is 4.98 Å². The first kappa shape index (κ1) is 12.6. The second-order valence-electron chi connectivity index (χ2n) is 5.26. The molecule has 0 aliphatic heterocycles. The van der Waals surface area contributed by atoms with E-state index in [-0.39, 0.29) is 6.10 Å². The van der Waals surface area contributed by atoms with Crippen LogP contribution in [0.5, 0.6) is 0 Å². The largest absolute Gasteiger partial charge is 0.393 e. The summed E-state index contributed by atoms with van der Waals surface area (Å²) >= 11 is 0. The van der Waals surface area contributed by atoms with E-state index in [0.717, 1.165) is 18.0 Å². The fourth-order valence-electron chi connectivity index (χ4n) is 2.77. The first-order chi connectivity index (χ1) is 8.34. The summed E-state index contributed by atoms with van der Waals surface area (Å²) in [5, 5.41) is 9.99. The fraction of sp³-hybridized carbons (Fsp3) is 0.667. The number of hydrogen-bond donors (Lipinski definition) is 1. The van der Waals surface area contributed by atoms with Crippen molar-refractivity contribution in [2.45, 2.75) is 57.5 Å². The van der Waals surface area contributed by atoms with Crippen LogP contribution in [0.3, 0.4) is 0 Å². The van der Waals surface area contributed by atoms with E-state index in [2.05, 4.69) is 4.98 Å². The van der Waals surface area contributed by atoms with Crippen molar-refractivity contribution in [3.8, 4) is 0 Å². The van der Waals surface area contributed by atoms with Gasteiger partial charge in [-0.1, -0.05) is 38.2 Å². The van der Waals surface area contributed by atoms with Crippen LogP contribution in [0.25, 0.3) is 0 Å². The Morgan fingerprint density at radius 1 is 1.24 bits per heavy atom. The molecule has 94 valence electrons. The zero-order chi connectivity index (χ0) is 11.9. The lowest BCUT2D eigenvalue weighted by Crippen LogP contribution is -2.15. The van der Waals surface area contributed by atoms with Crippen LogP contribution in [-0.4, -0.2) is 16.2 Å². The normalized spacial score (nSPS) is 19.1. The van der Waals surface area contributed by atoms with Gasteiger partial charge in [-0.25, -0.2) is 0 Å². The average Bonchev–Trinajstić information content (AvgIpc) is 2.39. The number of nitrogens with zero attached hydrogens (tertiary/aromatic N) is 1. The average molecular weight is 233 g/mol. The van der Waals surface area contributed by atoms with E-state index in [0.29, 0.717) is 6.42 Å². The molecule has 1 aliphatic rings. The van der Waals surface area contributed by atoms with E-state index in [4.69, 9.17) is 0 Å². The molecule has 0 radical (unpaired) electrons. The van der Waals surface area contributed by atoms with Crippen LogP contribution < -0.4 is 0 Å². The molecule has 1 saturated carbocycles. The van der Waals surface area contributed by atoms with E-state index >= 15 is 0 Å². The number of aliphatic hydroxyl groups is 1. The van der Waals surface area contributed by atoms with Gasteiger partial charge in [0.2, 0.25) is 0 Å². The highest BCUT2D eigenvalue weighted by Crippen LogP contribution is 2.27. The third-order valence-corrected chi connectivity index (χ3v) is 3.80. The number of aliphatic hydroxyl groups excluding tert-OH is 1. The molecule has 0 spiro atoms. The molecule has 1 heterocycles. The molecule has 1 fully saturated rings. The monoisotopic (exact) mass is 233 g/mol. The predicted molar refractivity (Wildman–Crippen MR) is 69.8 cm³/mol. The van der Waals surface area contributed by atoms with Crippen molar-refractivity contribution >= 4 is 0 Å². The lowest BCUT2D eigenvalue weighted by Gasteiger charge is -2.22. The van der Waals surface area contributed by atoms with Gasteiger partial charge in [0.25, 0.3) is 0 Å². The van der Waals surface area contributed by atoms with E-state index in [1.54, 1.807) is 6.20 Å². The maximum Gasteiger partial charge on any atom is 0.0595 e. The molecular weight excluding hydrogens is 210 g/mol. The number of hydrogen-bond acceptors (Lipinski definition) is 2. The molecule has 0 saturated heterocycles. The summed E-state index contributed by atoms with van der Waals surface area (Å²) in [6.45, 7) is 0. The zero-order valence-corrected chi connectivity index (χ0v) is 10.5. The van der Waals surface area contributed by atoms with Gasteiger partial charge in [-0.15, -0.1) is 0 Å². The molecule has 17 heavy (non-hydrogen) atoms. The lowest BCUT2D eigenvalue weighted by atomic mass is 9.85. The van der Waals surface area contributed by atoms with Crippen molar-refractivity contribution in [3.05, 3.63) is 30.1 Å². The number of aromatic nitrogens is 1. The number of rotatable bonds is 5. The fourth-order valence-corrected chi connectivity index (χ4v) is 2.77. The summed E-state index contributed by atoms with van der Waals surface area (Å²) in [6, 6.07) is 5.89. The van der Waals surface area contributed by atoms with Crippen LogP contribution in [0.4, 0.5) is 0 Å². The zero-order valence-electron chi connectivity index (χ0n) is 10.5. The van der Waals surface area contributed by atoms with Crippen molar-refractivity contribution in [2.24, 2.45) is 5.92 Å². The molecular formula is C15H23NO. The molecule has 1 N–H and O–H groups in total. The second kappa shape index (κ2) is 6.75. The van der Waals surface area contributed by atoms with Crippen LogP contribution in [0.2, 0.25) is 0 Å². The Kier molecular flexibility index (Phi) is 4.99. The Labute approximate surface area is 104 Å². The first-order valence-electron chi connectivity index (χ1n) is 6.92.